The van der Waals surface area contributed by atoms with Gasteiger partial charge in [0.1, 0.15) is 6.10 Å². The maximum absolute atomic E-state index is 12.3. The van der Waals surface area contributed by atoms with Crippen molar-refractivity contribution in [1.29, 1.82) is 0 Å². The summed E-state index contributed by atoms with van der Waals surface area (Å²) in [5.41, 5.74) is 0.827. The van der Waals surface area contributed by atoms with Crippen LogP contribution in [0.25, 0.3) is 0 Å². The van der Waals surface area contributed by atoms with Gasteiger partial charge in [0.2, 0.25) is 5.91 Å². The van der Waals surface area contributed by atoms with Crippen molar-refractivity contribution in [1.82, 2.24) is 5.32 Å². The summed E-state index contributed by atoms with van der Waals surface area (Å²) in [6.07, 6.45) is 11.1. The third-order valence-corrected chi connectivity index (χ3v) is 7.65. The SMILES string of the molecule is CC(=O)O[C@@H](C)/C=C\C(=O)NC1C[C@H](C)[C@H](C/C=C(C)/C=C/[C@@H]2C[C@]3(CC(CC(=O)O)O2)O[C@@H]3C)O[C@@H]1C. The minimum Gasteiger partial charge on any atom is -0.481 e. The number of carboxylic acid groups (broad SMARTS) is 1. The molecule has 0 saturated carbocycles. The van der Waals surface area contributed by atoms with Gasteiger partial charge in [-0.15, -0.1) is 0 Å². The van der Waals surface area contributed by atoms with Crippen molar-refractivity contribution in [3.05, 3.63) is 36.0 Å². The molecule has 1 spiro atoms. The molecule has 0 aromatic rings. The van der Waals surface area contributed by atoms with E-state index in [0.29, 0.717) is 6.42 Å². The van der Waals surface area contributed by atoms with Crippen LogP contribution in [0.4, 0.5) is 0 Å². The second-order valence-corrected chi connectivity index (χ2v) is 11.1. The average Bonchev–Trinajstić information content (AvgIpc) is 3.42. The molecule has 3 aliphatic heterocycles. The van der Waals surface area contributed by atoms with Gasteiger partial charge in [-0.05, 0) is 52.5 Å². The number of carbonyl (C=O) groups is 3. The highest BCUT2D eigenvalue weighted by molar-refractivity contribution is 5.87. The first kappa shape index (κ1) is 30.1. The lowest BCUT2D eigenvalue weighted by atomic mass is 9.87. The van der Waals surface area contributed by atoms with E-state index in [9.17, 15) is 19.5 Å². The fraction of sp³-hybridized carbons (Fsp3) is 0.690. The van der Waals surface area contributed by atoms with Gasteiger partial charge in [0, 0.05) is 25.8 Å². The van der Waals surface area contributed by atoms with E-state index in [2.05, 4.69) is 18.3 Å². The van der Waals surface area contributed by atoms with Gasteiger partial charge in [-0.1, -0.05) is 30.7 Å². The van der Waals surface area contributed by atoms with E-state index in [1.807, 2.05) is 32.9 Å². The number of aliphatic carboxylic acids is 1. The summed E-state index contributed by atoms with van der Waals surface area (Å²) in [5.74, 6) is -1.24. The third-order valence-electron chi connectivity index (χ3n) is 7.65. The third kappa shape index (κ3) is 8.78. The van der Waals surface area contributed by atoms with E-state index in [1.165, 1.54) is 13.0 Å². The highest BCUT2D eigenvalue weighted by Gasteiger charge is 2.57. The largest absolute Gasteiger partial charge is 0.481 e. The Balaban J connectivity index is 1.48. The van der Waals surface area contributed by atoms with Crippen LogP contribution in [0, 0.1) is 5.92 Å². The highest BCUT2D eigenvalue weighted by Crippen LogP contribution is 2.48. The highest BCUT2D eigenvalue weighted by atomic mass is 16.6. The van der Waals surface area contributed by atoms with Crippen molar-refractivity contribution in [3.8, 4) is 0 Å². The smallest absolute Gasteiger partial charge is 0.305 e. The first-order chi connectivity index (χ1) is 17.9. The normalized spacial score (nSPS) is 36.4. The number of epoxide rings is 1. The quantitative estimate of drug-likeness (QED) is 0.188. The van der Waals surface area contributed by atoms with Crippen LogP contribution in [0.5, 0.6) is 0 Å². The summed E-state index contributed by atoms with van der Waals surface area (Å²) >= 11 is 0. The Morgan fingerprint density at radius 3 is 2.47 bits per heavy atom. The topological polar surface area (TPSA) is 124 Å². The maximum atomic E-state index is 12.3. The fourth-order valence-electron chi connectivity index (χ4n) is 5.42. The molecule has 0 aliphatic carbocycles. The van der Waals surface area contributed by atoms with Gasteiger partial charge < -0.3 is 29.4 Å². The molecule has 3 rings (SSSR count). The average molecular weight is 534 g/mol. The molecule has 0 aromatic carbocycles. The van der Waals surface area contributed by atoms with Crippen LogP contribution in [-0.4, -0.2) is 71.2 Å². The van der Waals surface area contributed by atoms with Crippen LogP contribution in [0.3, 0.4) is 0 Å². The van der Waals surface area contributed by atoms with Gasteiger partial charge in [-0.25, -0.2) is 0 Å². The number of rotatable bonds is 10. The van der Waals surface area contributed by atoms with Crippen LogP contribution in [0.15, 0.2) is 36.0 Å². The Kier molecular flexibility index (Phi) is 10.3. The molecule has 2 N–H and O–H groups in total. The molecule has 3 heterocycles. The van der Waals surface area contributed by atoms with E-state index < -0.39 is 12.1 Å². The summed E-state index contributed by atoms with van der Waals surface area (Å²) in [4.78, 5) is 34.5. The van der Waals surface area contributed by atoms with Crippen LogP contribution in [0.1, 0.15) is 73.6 Å². The van der Waals surface area contributed by atoms with Crippen molar-refractivity contribution in [2.24, 2.45) is 5.92 Å². The molecular formula is C29H43NO8. The second-order valence-electron chi connectivity index (χ2n) is 11.1. The van der Waals surface area contributed by atoms with E-state index in [0.717, 1.165) is 24.8 Å². The lowest BCUT2D eigenvalue weighted by Crippen LogP contribution is -2.50. The van der Waals surface area contributed by atoms with Crippen LogP contribution < -0.4 is 5.32 Å². The molecule has 0 bridgehead atoms. The molecule has 3 aliphatic rings. The number of esters is 1. The number of nitrogens with one attached hydrogen (secondary N) is 1. The van der Waals surface area contributed by atoms with Gasteiger partial charge in [0.25, 0.3) is 0 Å². The fourth-order valence-corrected chi connectivity index (χ4v) is 5.42. The molecule has 3 fully saturated rings. The molecule has 0 aromatic heterocycles. The lowest BCUT2D eigenvalue weighted by molar-refractivity contribution is -0.144. The van der Waals surface area contributed by atoms with Crippen LogP contribution in [-0.2, 0) is 33.3 Å². The molecule has 3 saturated heterocycles. The number of carbonyl (C=O) groups excluding carboxylic acids is 2. The van der Waals surface area contributed by atoms with Crippen molar-refractivity contribution in [3.63, 3.8) is 0 Å². The molecular weight excluding hydrogens is 490 g/mol. The number of allylic oxidation sites excluding steroid dienone is 2. The molecule has 9 atom stereocenters. The van der Waals surface area contributed by atoms with Gasteiger partial charge in [0.05, 0.1) is 48.6 Å². The molecule has 0 radical (unpaired) electrons. The van der Waals surface area contributed by atoms with E-state index >= 15 is 0 Å². The standard InChI is InChI=1S/C29H43NO8/c1-17(7-10-23-15-29(21(5)38-29)16-24(37-23)14-28(33)34)8-11-26-18(2)13-25(20(4)36-26)30-27(32)12-9-19(3)35-22(6)31/h7-10,12,18-21,23-26H,11,13-16H2,1-6H3,(H,30,32)(H,33,34)/b10-7+,12-9-,17-8+/t18-,19-,20+,21+,23+,24?,25?,26-,29+/m0/s1. The molecule has 38 heavy (non-hydrogen) atoms. The summed E-state index contributed by atoms with van der Waals surface area (Å²) in [6.45, 7) is 11.2. The van der Waals surface area contributed by atoms with Gasteiger partial charge in [-0.3, -0.25) is 14.4 Å². The predicted octanol–water partition coefficient (Wildman–Crippen LogP) is 3.86. The van der Waals surface area contributed by atoms with Crippen LogP contribution in [0.2, 0.25) is 0 Å². The summed E-state index contributed by atoms with van der Waals surface area (Å²) in [7, 11) is 0. The Hall–Kier alpha value is -2.49. The number of hydrogen-bond acceptors (Lipinski definition) is 7. The Labute approximate surface area is 225 Å². The minimum atomic E-state index is -0.859. The maximum Gasteiger partial charge on any atom is 0.305 e. The van der Waals surface area contributed by atoms with Gasteiger partial charge in [0.15, 0.2) is 0 Å². The summed E-state index contributed by atoms with van der Waals surface area (Å²) < 4.78 is 23.1. The molecule has 1 amide bonds. The first-order valence-corrected chi connectivity index (χ1v) is 13.6. The Morgan fingerprint density at radius 2 is 1.84 bits per heavy atom. The molecule has 9 nitrogen and oxygen atoms in total. The monoisotopic (exact) mass is 533 g/mol. The molecule has 2 unspecified atom stereocenters. The number of ether oxygens (including phenoxy) is 4. The zero-order chi connectivity index (χ0) is 28.0. The van der Waals surface area contributed by atoms with E-state index in [4.69, 9.17) is 18.9 Å². The van der Waals surface area contributed by atoms with Crippen LogP contribution >= 0.6 is 0 Å². The van der Waals surface area contributed by atoms with Gasteiger partial charge in [-0.2, -0.15) is 0 Å². The van der Waals surface area contributed by atoms with Gasteiger partial charge >= 0.3 is 11.9 Å². The zero-order valence-corrected chi connectivity index (χ0v) is 23.3. The number of carboxylic acids is 1. The van der Waals surface area contributed by atoms with Crippen molar-refractivity contribution in [2.45, 2.75) is 122 Å². The molecule has 9 heteroatoms. The summed E-state index contributed by atoms with van der Waals surface area (Å²) in [6, 6.07) is -0.103. The molecule has 212 valence electrons. The summed E-state index contributed by atoms with van der Waals surface area (Å²) in [5, 5.41) is 12.2. The van der Waals surface area contributed by atoms with Crippen molar-refractivity contribution >= 4 is 17.8 Å². The zero-order valence-electron chi connectivity index (χ0n) is 23.3. The Morgan fingerprint density at radius 1 is 1.13 bits per heavy atom. The van der Waals surface area contributed by atoms with E-state index in [-0.39, 0.29) is 66.4 Å². The van der Waals surface area contributed by atoms with Crippen molar-refractivity contribution < 1.29 is 38.4 Å². The minimum absolute atomic E-state index is 0.0166. The predicted molar refractivity (Wildman–Crippen MR) is 141 cm³/mol. The number of hydrogen-bond donors (Lipinski definition) is 2. The first-order valence-electron chi connectivity index (χ1n) is 13.6. The number of amides is 1. The Bertz CT molecular complexity index is 958. The van der Waals surface area contributed by atoms with Crippen molar-refractivity contribution in [2.75, 3.05) is 0 Å². The van der Waals surface area contributed by atoms with E-state index in [1.54, 1.807) is 13.0 Å². The second kappa shape index (κ2) is 13.0. The lowest BCUT2D eigenvalue weighted by Gasteiger charge is -2.39.